The summed E-state index contributed by atoms with van der Waals surface area (Å²) in [6, 6.07) is 11.4. The van der Waals surface area contributed by atoms with Crippen LogP contribution in [-0.4, -0.2) is 17.5 Å². The Bertz CT molecular complexity index is 720. The Hall–Kier alpha value is -2.62. The van der Waals surface area contributed by atoms with Crippen molar-refractivity contribution in [1.82, 2.24) is 10.3 Å². The summed E-state index contributed by atoms with van der Waals surface area (Å²) in [5, 5.41) is 2.95. The Labute approximate surface area is 149 Å². The zero-order valence-electron chi connectivity index (χ0n) is 15.2. The molecule has 0 aliphatic rings. The molecule has 1 N–H and O–H groups in total. The highest BCUT2D eigenvalue weighted by Gasteiger charge is 2.09. The van der Waals surface area contributed by atoms with Crippen molar-refractivity contribution < 1.29 is 9.53 Å². The Kier molecular flexibility index (Phi) is 7.20. The van der Waals surface area contributed by atoms with E-state index < -0.39 is 0 Å². The Morgan fingerprint density at radius 1 is 1.20 bits per heavy atom. The summed E-state index contributed by atoms with van der Waals surface area (Å²) in [5.74, 6) is 0.651. The number of benzene rings is 1. The van der Waals surface area contributed by atoms with Crippen LogP contribution in [0.1, 0.15) is 48.8 Å². The number of amides is 1. The Morgan fingerprint density at radius 3 is 2.72 bits per heavy atom. The summed E-state index contributed by atoms with van der Waals surface area (Å²) >= 11 is 0. The van der Waals surface area contributed by atoms with Crippen LogP contribution in [0.15, 0.2) is 54.2 Å². The fourth-order valence-electron chi connectivity index (χ4n) is 2.44. The summed E-state index contributed by atoms with van der Waals surface area (Å²) in [6.07, 6.45) is 5.69. The molecule has 2 aromatic rings. The lowest BCUT2D eigenvalue weighted by atomic mass is 10.0. The lowest BCUT2D eigenvalue weighted by molar-refractivity contribution is 0.0946. The van der Waals surface area contributed by atoms with Gasteiger partial charge in [-0.2, -0.15) is 0 Å². The van der Waals surface area contributed by atoms with Crippen molar-refractivity contribution in [2.45, 2.75) is 40.2 Å². The Morgan fingerprint density at radius 2 is 2.04 bits per heavy atom. The van der Waals surface area contributed by atoms with Crippen molar-refractivity contribution in [1.29, 1.82) is 0 Å². The van der Waals surface area contributed by atoms with Gasteiger partial charge in [0.15, 0.2) is 0 Å². The predicted octanol–water partition coefficient (Wildman–Crippen LogP) is 4.31. The molecular weight excluding hydrogens is 312 g/mol. The second-order valence-electron chi connectivity index (χ2n) is 6.17. The van der Waals surface area contributed by atoms with E-state index in [9.17, 15) is 4.79 Å². The Balaban J connectivity index is 2.07. The predicted molar refractivity (Wildman–Crippen MR) is 101 cm³/mol. The van der Waals surface area contributed by atoms with Gasteiger partial charge in [-0.05, 0) is 61.7 Å². The van der Waals surface area contributed by atoms with Gasteiger partial charge in [-0.15, -0.1) is 0 Å². The maximum absolute atomic E-state index is 12.2. The standard InChI is InChI=1S/C21H26N2O2/c1-4-7-17-9-10-19(25-13-11-16(2)3)14-18(17)15-23-21(24)20-8-5-6-12-22-20/h5-6,8-12,14H,4,7,13,15H2,1-3H3,(H,23,24). The molecule has 0 aliphatic carbocycles. The maximum atomic E-state index is 12.2. The van der Waals surface area contributed by atoms with Gasteiger partial charge in [0, 0.05) is 12.7 Å². The largest absolute Gasteiger partial charge is 0.490 e. The fourth-order valence-corrected chi connectivity index (χ4v) is 2.44. The molecule has 0 aliphatic heterocycles. The quantitative estimate of drug-likeness (QED) is 0.730. The average Bonchev–Trinajstić information content (AvgIpc) is 2.62. The zero-order chi connectivity index (χ0) is 18.1. The number of hydrogen-bond acceptors (Lipinski definition) is 3. The van der Waals surface area contributed by atoms with Gasteiger partial charge < -0.3 is 10.1 Å². The summed E-state index contributed by atoms with van der Waals surface area (Å²) in [6.45, 7) is 7.26. The minimum absolute atomic E-state index is 0.168. The van der Waals surface area contributed by atoms with Crippen LogP contribution in [0, 0.1) is 0 Å². The number of pyridine rings is 1. The van der Waals surface area contributed by atoms with E-state index in [0.717, 1.165) is 24.2 Å². The van der Waals surface area contributed by atoms with Crippen LogP contribution in [0.2, 0.25) is 0 Å². The lowest BCUT2D eigenvalue weighted by Crippen LogP contribution is -2.24. The number of carbonyl (C=O) groups excluding carboxylic acids is 1. The number of nitrogens with zero attached hydrogens (tertiary/aromatic N) is 1. The topological polar surface area (TPSA) is 51.2 Å². The maximum Gasteiger partial charge on any atom is 0.270 e. The van der Waals surface area contributed by atoms with Crippen molar-refractivity contribution in [2.75, 3.05) is 6.61 Å². The normalized spacial score (nSPS) is 10.2. The lowest BCUT2D eigenvalue weighted by Gasteiger charge is -2.13. The number of carbonyl (C=O) groups is 1. The summed E-state index contributed by atoms with van der Waals surface area (Å²) in [5.41, 5.74) is 3.97. The van der Waals surface area contributed by atoms with E-state index in [1.807, 2.05) is 38.1 Å². The van der Waals surface area contributed by atoms with E-state index in [1.165, 1.54) is 11.1 Å². The van der Waals surface area contributed by atoms with E-state index in [4.69, 9.17) is 4.74 Å². The van der Waals surface area contributed by atoms with Crippen LogP contribution in [0.4, 0.5) is 0 Å². The fraction of sp³-hybridized carbons (Fsp3) is 0.333. The molecule has 0 saturated carbocycles. The van der Waals surface area contributed by atoms with E-state index in [2.05, 4.69) is 23.3 Å². The van der Waals surface area contributed by atoms with E-state index in [0.29, 0.717) is 18.8 Å². The molecule has 2 rings (SSSR count). The molecule has 0 saturated heterocycles. The molecule has 1 aromatic carbocycles. The summed E-state index contributed by atoms with van der Waals surface area (Å²) in [4.78, 5) is 16.3. The van der Waals surface area contributed by atoms with E-state index >= 15 is 0 Å². The van der Waals surface area contributed by atoms with Gasteiger partial charge in [0.2, 0.25) is 0 Å². The number of nitrogens with one attached hydrogen (secondary N) is 1. The molecule has 1 aromatic heterocycles. The van der Waals surface area contributed by atoms with Gasteiger partial charge in [0.25, 0.3) is 5.91 Å². The molecular formula is C21H26N2O2. The number of rotatable bonds is 8. The van der Waals surface area contributed by atoms with E-state index in [1.54, 1.807) is 18.3 Å². The highest BCUT2D eigenvalue weighted by atomic mass is 16.5. The van der Waals surface area contributed by atoms with Crippen LogP contribution in [0.5, 0.6) is 5.75 Å². The van der Waals surface area contributed by atoms with E-state index in [-0.39, 0.29) is 5.91 Å². The van der Waals surface area contributed by atoms with Crippen molar-refractivity contribution in [3.8, 4) is 5.75 Å². The molecule has 132 valence electrons. The van der Waals surface area contributed by atoms with Crippen LogP contribution < -0.4 is 10.1 Å². The number of hydrogen-bond donors (Lipinski definition) is 1. The first kappa shape index (κ1) is 18.7. The molecule has 1 amide bonds. The van der Waals surface area contributed by atoms with Gasteiger partial charge in [-0.3, -0.25) is 9.78 Å². The van der Waals surface area contributed by atoms with Gasteiger partial charge in [-0.25, -0.2) is 0 Å². The molecule has 0 fully saturated rings. The SMILES string of the molecule is CCCc1ccc(OCC=C(C)C)cc1CNC(=O)c1ccccn1. The first-order valence-electron chi connectivity index (χ1n) is 8.67. The number of ether oxygens (including phenoxy) is 1. The van der Waals surface area contributed by atoms with Gasteiger partial charge in [0.1, 0.15) is 18.1 Å². The third kappa shape index (κ3) is 6.07. The van der Waals surface area contributed by atoms with Crippen molar-refractivity contribution in [2.24, 2.45) is 0 Å². The van der Waals surface area contributed by atoms with Crippen molar-refractivity contribution >= 4 is 5.91 Å². The number of aryl methyl sites for hydroxylation is 1. The van der Waals surface area contributed by atoms with Crippen LogP contribution >= 0.6 is 0 Å². The molecule has 0 atom stereocenters. The minimum Gasteiger partial charge on any atom is -0.490 e. The molecule has 0 radical (unpaired) electrons. The first-order chi connectivity index (χ1) is 12.1. The van der Waals surface area contributed by atoms with Crippen molar-refractivity contribution in [3.63, 3.8) is 0 Å². The average molecular weight is 338 g/mol. The van der Waals surface area contributed by atoms with Crippen molar-refractivity contribution in [3.05, 3.63) is 71.1 Å². The van der Waals surface area contributed by atoms with Gasteiger partial charge in [-0.1, -0.05) is 31.1 Å². The highest BCUT2D eigenvalue weighted by Crippen LogP contribution is 2.20. The molecule has 0 unspecified atom stereocenters. The molecule has 4 heteroatoms. The molecule has 0 spiro atoms. The minimum atomic E-state index is -0.168. The second-order valence-corrected chi connectivity index (χ2v) is 6.17. The third-order valence-electron chi connectivity index (χ3n) is 3.78. The molecule has 25 heavy (non-hydrogen) atoms. The number of aromatic nitrogens is 1. The second kappa shape index (κ2) is 9.62. The number of allylic oxidation sites excluding steroid dienone is 1. The smallest absolute Gasteiger partial charge is 0.270 e. The first-order valence-corrected chi connectivity index (χ1v) is 8.67. The molecule has 4 nitrogen and oxygen atoms in total. The van der Waals surface area contributed by atoms with Crippen LogP contribution in [0.3, 0.4) is 0 Å². The highest BCUT2D eigenvalue weighted by molar-refractivity contribution is 5.92. The zero-order valence-corrected chi connectivity index (χ0v) is 15.2. The van der Waals surface area contributed by atoms with Gasteiger partial charge in [0.05, 0.1) is 0 Å². The molecule has 1 heterocycles. The summed E-state index contributed by atoms with van der Waals surface area (Å²) < 4.78 is 5.78. The summed E-state index contributed by atoms with van der Waals surface area (Å²) in [7, 11) is 0. The molecule has 0 bridgehead atoms. The van der Waals surface area contributed by atoms with Gasteiger partial charge >= 0.3 is 0 Å². The third-order valence-corrected chi connectivity index (χ3v) is 3.78. The van der Waals surface area contributed by atoms with Crippen LogP contribution in [0.25, 0.3) is 0 Å². The van der Waals surface area contributed by atoms with Crippen LogP contribution in [-0.2, 0) is 13.0 Å². The monoisotopic (exact) mass is 338 g/mol.